The van der Waals surface area contributed by atoms with Gasteiger partial charge in [-0.3, -0.25) is 9.69 Å². The zero-order valence-electron chi connectivity index (χ0n) is 14.8. The fourth-order valence-corrected chi connectivity index (χ4v) is 3.58. The van der Waals surface area contributed by atoms with Crippen LogP contribution in [0.1, 0.15) is 39.8 Å². The van der Waals surface area contributed by atoms with Gasteiger partial charge in [0.15, 0.2) is 0 Å². The molecule has 3 rings (SSSR count). The maximum Gasteiger partial charge on any atom is 0.260 e. The monoisotopic (exact) mass is 385 g/mol. The molecule has 134 valence electrons. The summed E-state index contributed by atoms with van der Waals surface area (Å²) in [7, 11) is 0. The van der Waals surface area contributed by atoms with Crippen molar-refractivity contribution in [2.24, 2.45) is 0 Å². The predicted molar refractivity (Wildman–Crippen MR) is 107 cm³/mol. The number of anilines is 1. The fourth-order valence-electron chi connectivity index (χ4n) is 2.52. The zero-order valence-corrected chi connectivity index (χ0v) is 16.3. The minimum Gasteiger partial charge on any atom is -0.278 e. The number of aromatic nitrogens is 2. The summed E-state index contributed by atoms with van der Waals surface area (Å²) in [4.78, 5) is 14.8. The number of carbonyl (C=O) groups is 1. The molecule has 0 aliphatic heterocycles. The molecule has 6 heteroatoms. The van der Waals surface area contributed by atoms with Crippen molar-refractivity contribution in [1.29, 1.82) is 0 Å². The van der Waals surface area contributed by atoms with Gasteiger partial charge in [-0.15, -0.1) is 10.2 Å². The minimum absolute atomic E-state index is 0.0841. The summed E-state index contributed by atoms with van der Waals surface area (Å²) in [6.07, 6.45) is 1.86. The Kier molecular flexibility index (Phi) is 6.01. The molecule has 0 bridgehead atoms. The molecule has 0 aliphatic carbocycles. The third-order valence-corrected chi connectivity index (χ3v) is 5.21. The number of hydrogen-bond acceptors (Lipinski definition) is 4. The number of aryl methyl sites for hydroxylation is 2. The topological polar surface area (TPSA) is 46.1 Å². The van der Waals surface area contributed by atoms with Gasteiger partial charge in [-0.05, 0) is 43.2 Å². The van der Waals surface area contributed by atoms with Gasteiger partial charge in [0.1, 0.15) is 5.01 Å². The summed E-state index contributed by atoms with van der Waals surface area (Å²) in [5.41, 5.74) is 2.74. The molecule has 0 unspecified atom stereocenters. The molecular weight excluding hydrogens is 366 g/mol. The number of hydrogen-bond donors (Lipinski definition) is 0. The first kappa shape index (κ1) is 18.5. The quantitative estimate of drug-likeness (QED) is 0.578. The van der Waals surface area contributed by atoms with Crippen LogP contribution >= 0.6 is 22.9 Å². The van der Waals surface area contributed by atoms with E-state index in [4.69, 9.17) is 11.6 Å². The van der Waals surface area contributed by atoms with Gasteiger partial charge >= 0.3 is 0 Å². The van der Waals surface area contributed by atoms with E-state index in [1.165, 1.54) is 11.3 Å². The Labute approximate surface area is 162 Å². The average molecular weight is 386 g/mol. The summed E-state index contributed by atoms with van der Waals surface area (Å²) in [6.45, 7) is 4.52. The Morgan fingerprint density at radius 2 is 1.77 bits per heavy atom. The highest BCUT2D eigenvalue weighted by molar-refractivity contribution is 7.15. The molecule has 0 saturated heterocycles. The predicted octanol–water partition coefficient (Wildman–Crippen LogP) is 5.30. The van der Waals surface area contributed by atoms with Gasteiger partial charge in [-0.2, -0.15) is 0 Å². The Balaban J connectivity index is 1.92. The zero-order chi connectivity index (χ0) is 18.5. The van der Waals surface area contributed by atoms with Crippen molar-refractivity contribution in [3.63, 3.8) is 0 Å². The van der Waals surface area contributed by atoms with Crippen LogP contribution in [0.2, 0.25) is 5.02 Å². The van der Waals surface area contributed by atoms with Crippen molar-refractivity contribution in [3.05, 3.63) is 75.3 Å². The average Bonchev–Trinajstić information content (AvgIpc) is 3.10. The third-order valence-electron chi connectivity index (χ3n) is 3.95. The second kappa shape index (κ2) is 8.43. The Morgan fingerprint density at radius 3 is 2.42 bits per heavy atom. The number of rotatable bonds is 6. The summed E-state index contributed by atoms with van der Waals surface area (Å²) in [6, 6.07) is 15.1. The molecule has 2 aromatic carbocycles. The lowest BCUT2D eigenvalue weighted by Gasteiger charge is -2.20. The lowest BCUT2D eigenvalue weighted by atomic mass is 10.1. The first-order chi connectivity index (χ1) is 12.6. The van der Waals surface area contributed by atoms with Crippen LogP contribution in [0, 0.1) is 6.92 Å². The van der Waals surface area contributed by atoms with Crippen LogP contribution in [-0.4, -0.2) is 16.1 Å². The summed E-state index contributed by atoms with van der Waals surface area (Å²) in [5.74, 6) is -0.0841. The van der Waals surface area contributed by atoms with E-state index in [1.54, 1.807) is 4.90 Å². The van der Waals surface area contributed by atoms with Crippen molar-refractivity contribution >= 4 is 34.0 Å². The normalized spacial score (nSPS) is 10.7. The molecule has 26 heavy (non-hydrogen) atoms. The second-order valence-corrected chi connectivity index (χ2v) is 7.59. The highest BCUT2D eigenvalue weighted by atomic mass is 35.5. The van der Waals surface area contributed by atoms with Crippen molar-refractivity contribution in [2.75, 3.05) is 4.90 Å². The molecule has 0 saturated carbocycles. The second-order valence-electron chi connectivity index (χ2n) is 6.11. The highest BCUT2D eigenvalue weighted by Gasteiger charge is 2.22. The van der Waals surface area contributed by atoms with Gasteiger partial charge < -0.3 is 0 Å². The van der Waals surface area contributed by atoms with Crippen molar-refractivity contribution in [3.8, 4) is 0 Å². The van der Waals surface area contributed by atoms with E-state index in [2.05, 4.69) is 17.1 Å². The number of amides is 1. The first-order valence-electron chi connectivity index (χ1n) is 8.52. The summed E-state index contributed by atoms with van der Waals surface area (Å²) in [5, 5.41) is 10.7. The molecule has 0 N–H and O–H groups in total. The Morgan fingerprint density at radius 1 is 1.08 bits per heavy atom. The van der Waals surface area contributed by atoms with Gasteiger partial charge in [0.05, 0.1) is 6.54 Å². The van der Waals surface area contributed by atoms with Gasteiger partial charge in [0.2, 0.25) is 5.13 Å². The maximum atomic E-state index is 13.1. The first-order valence-corrected chi connectivity index (χ1v) is 9.71. The molecule has 1 aromatic heterocycles. The van der Waals surface area contributed by atoms with Crippen molar-refractivity contribution in [1.82, 2.24) is 10.2 Å². The van der Waals surface area contributed by atoms with Gasteiger partial charge in [-0.1, -0.05) is 59.7 Å². The van der Waals surface area contributed by atoms with Gasteiger partial charge in [0.25, 0.3) is 5.91 Å². The van der Waals surface area contributed by atoms with E-state index in [0.29, 0.717) is 22.3 Å². The minimum atomic E-state index is -0.0841. The van der Waals surface area contributed by atoms with Crippen LogP contribution in [0.15, 0.2) is 48.5 Å². The van der Waals surface area contributed by atoms with Crippen LogP contribution in [0.5, 0.6) is 0 Å². The molecule has 1 heterocycles. The van der Waals surface area contributed by atoms with Crippen LogP contribution in [0.25, 0.3) is 0 Å². The molecular formula is C20H20ClN3OS. The molecule has 0 atom stereocenters. The highest BCUT2D eigenvalue weighted by Crippen LogP contribution is 2.25. The molecule has 0 radical (unpaired) electrons. The van der Waals surface area contributed by atoms with Crippen LogP contribution in [-0.2, 0) is 13.0 Å². The largest absolute Gasteiger partial charge is 0.278 e. The molecule has 0 spiro atoms. The van der Waals surface area contributed by atoms with E-state index in [1.807, 2.05) is 55.5 Å². The third kappa shape index (κ3) is 4.48. The smallest absolute Gasteiger partial charge is 0.260 e. The number of benzene rings is 2. The van der Waals surface area contributed by atoms with Crippen molar-refractivity contribution < 1.29 is 4.79 Å². The van der Waals surface area contributed by atoms with E-state index in [-0.39, 0.29) is 5.91 Å². The molecule has 4 nitrogen and oxygen atoms in total. The van der Waals surface area contributed by atoms with Crippen LogP contribution in [0.4, 0.5) is 5.13 Å². The van der Waals surface area contributed by atoms with E-state index in [9.17, 15) is 4.79 Å². The lowest BCUT2D eigenvalue weighted by Crippen LogP contribution is -2.30. The van der Waals surface area contributed by atoms with Crippen molar-refractivity contribution in [2.45, 2.75) is 33.2 Å². The summed E-state index contributed by atoms with van der Waals surface area (Å²) >= 11 is 7.45. The van der Waals surface area contributed by atoms with Gasteiger partial charge in [0, 0.05) is 17.0 Å². The lowest BCUT2D eigenvalue weighted by molar-refractivity contribution is 0.0985. The van der Waals surface area contributed by atoms with E-state index >= 15 is 0 Å². The number of nitrogens with zero attached hydrogens (tertiary/aromatic N) is 3. The Hall–Kier alpha value is -2.24. The molecule has 3 aromatic rings. The number of carbonyl (C=O) groups excluding carboxylic acids is 1. The van der Waals surface area contributed by atoms with Crippen LogP contribution in [0.3, 0.4) is 0 Å². The van der Waals surface area contributed by atoms with Crippen LogP contribution < -0.4 is 4.90 Å². The summed E-state index contributed by atoms with van der Waals surface area (Å²) < 4.78 is 0. The van der Waals surface area contributed by atoms with E-state index < -0.39 is 0 Å². The van der Waals surface area contributed by atoms with E-state index in [0.717, 1.165) is 29.0 Å². The van der Waals surface area contributed by atoms with Gasteiger partial charge in [-0.25, -0.2) is 0 Å². The maximum absolute atomic E-state index is 13.1. The SMILES string of the molecule is CCCc1nnc(N(Cc2ccc(Cl)cc2)C(=O)c2ccc(C)cc2)s1. The molecule has 0 fully saturated rings. The standard InChI is InChI=1S/C20H20ClN3OS/c1-3-4-18-22-23-20(26-18)24(13-15-7-11-17(21)12-8-15)19(25)16-9-5-14(2)6-10-16/h5-12H,3-4,13H2,1-2H3. The number of halogens is 1. The fraction of sp³-hybridized carbons (Fsp3) is 0.250. The molecule has 0 aliphatic rings. The molecule has 1 amide bonds. The Bertz CT molecular complexity index is 875.